The Labute approximate surface area is 129 Å². The minimum Gasteiger partial charge on any atom is -0.479 e. The molecule has 0 fully saturated rings. The van der Waals surface area contributed by atoms with Gasteiger partial charge in [0, 0.05) is 20.3 Å². The fraction of sp³-hybridized carbons (Fsp3) is 0.312. The zero-order valence-electron chi connectivity index (χ0n) is 12.3. The molecule has 1 aromatic rings. The lowest BCUT2D eigenvalue weighted by atomic mass is 10.1. The maximum atomic E-state index is 11.8. The molecule has 0 aromatic heterocycles. The second-order valence-electron chi connectivity index (χ2n) is 4.29. The maximum absolute atomic E-state index is 11.8. The minimum absolute atomic E-state index is 0.0253. The molecular weight excluding hydrogens is 282 g/mol. The summed E-state index contributed by atoms with van der Waals surface area (Å²) in [5.41, 5.74) is 0.732. The van der Waals surface area contributed by atoms with Crippen molar-refractivity contribution in [3.63, 3.8) is 0 Å². The number of rotatable bonds is 8. The zero-order valence-corrected chi connectivity index (χ0v) is 12.3. The van der Waals surface area contributed by atoms with Gasteiger partial charge in [-0.15, -0.1) is 0 Å². The zero-order chi connectivity index (χ0) is 16.2. The fourth-order valence-corrected chi connectivity index (χ4v) is 1.60. The number of ether oxygens (including phenoxy) is 2. The number of benzene rings is 1. The number of nitrogens with zero attached hydrogens (tertiary/aromatic N) is 2. The first-order chi connectivity index (χ1) is 10.7. The van der Waals surface area contributed by atoms with Gasteiger partial charge in [-0.05, 0) is 30.2 Å². The van der Waals surface area contributed by atoms with Crippen LogP contribution in [0.3, 0.4) is 0 Å². The van der Waals surface area contributed by atoms with Gasteiger partial charge in [0.05, 0.1) is 0 Å². The Morgan fingerprint density at radius 3 is 2.64 bits per heavy atom. The van der Waals surface area contributed by atoms with Gasteiger partial charge in [0.15, 0.2) is 6.61 Å². The van der Waals surface area contributed by atoms with E-state index in [1.165, 1.54) is 6.08 Å². The van der Waals surface area contributed by atoms with Gasteiger partial charge in [0.2, 0.25) is 0 Å². The van der Waals surface area contributed by atoms with Crippen molar-refractivity contribution in [3.05, 3.63) is 35.4 Å². The van der Waals surface area contributed by atoms with Crippen LogP contribution in [0.4, 0.5) is 0 Å². The van der Waals surface area contributed by atoms with E-state index in [0.29, 0.717) is 30.9 Å². The molecule has 114 valence electrons. The fourth-order valence-electron chi connectivity index (χ4n) is 1.60. The van der Waals surface area contributed by atoms with Crippen LogP contribution in [0.1, 0.15) is 12.0 Å². The standard InChI is InChI=1S/C16H17N3O3/c1-21-9-2-8-19-16(20)14(12-18)11-13-3-5-15(6-4-13)22-10-7-17/h3-6,11H,2,8-10H2,1H3,(H,19,20)/b14-11+. The van der Waals surface area contributed by atoms with Crippen molar-refractivity contribution < 1.29 is 14.3 Å². The third kappa shape index (κ3) is 6.08. The molecule has 0 atom stereocenters. The highest BCUT2D eigenvalue weighted by molar-refractivity contribution is 6.01. The number of carbonyl (C=O) groups is 1. The van der Waals surface area contributed by atoms with E-state index in [-0.39, 0.29) is 12.2 Å². The summed E-state index contributed by atoms with van der Waals surface area (Å²) >= 11 is 0. The molecule has 0 saturated carbocycles. The van der Waals surface area contributed by atoms with Gasteiger partial charge in [-0.1, -0.05) is 12.1 Å². The summed E-state index contributed by atoms with van der Waals surface area (Å²) in [7, 11) is 1.59. The monoisotopic (exact) mass is 299 g/mol. The molecule has 0 saturated heterocycles. The predicted octanol–water partition coefficient (Wildman–Crippen LogP) is 1.65. The molecule has 0 radical (unpaired) electrons. The van der Waals surface area contributed by atoms with Gasteiger partial charge < -0.3 is 14.8 Å². The van der Waals surface area contributed by atoms with Crippen LogP contribution < -0.4 is 10.1 Å². The smallest absolute Gasteiger partial charge is 0.261 e. The number of hydrogen-bond donors (Lipinski definition) is 1. The molecule has 1 aromatic carbocycles. The Balaban J connectivity index is 2.65. The second kappa shape index (κ2) is 9.98. The highest BCUT2D eigenvalue weighted by Gasteiger charge is 2.08. The molecule has 0 spiro atoms. The van der Waals surface area contributed by atoms with E-state index < -0.39 is 5.91 Å². The lowest BCUT2D eigenvalue weighted by molar-refractivity contribution is -0.117. The number of nitrogens with one attached hydrogen (secondary N) is 1. The lowest BCUT2D eigenvalue weighted by Crippen LogP contribution is -2.26. The van der Waals surface area contributed by atoms with Gasteiger partial charge in [0.25, 0.3) is 5.91 Å². The van der Waals surface area contributed by atoms with Crippen LogP contribution in [-0.2, 0) is 9.53 Å². The molecule has 22 heavy (non-hydrogen) atoms. The number of methoxy groups -OCH3 is 1. The molecule has 6 heteroatoms. The van der Waals surface area contributed by atoms with Crippen molar-refractivity contribution in [1.82, 2.24) is 5.32 Å². The summed E-state index contributed by atoms with van der Waals surface area (Å²) in [6, 6.07) is 10.5. The SMILES string of the molecule is COCCCNC(=O)/C(C#N)=C/c1ccc(OCC#N)cc1. The van der Waals surface area contributed by atoms with Crippen LogP contribution in [0.15, 0.2) is 29.8 Å². The molecule has 0 aliphatic carbocycles. The van der Waals surface area contributed by atoms with E-state index in [0.717, 1.165) is 0 Å². The second-order valence-corrected chi connectivity index (χ2v) is 4.29. The topological polar surface area (TPSA) is 95.1 Å². The molecule has 1 N–H and O–H groups in total. The molecule has 0 bridgehead atoms. The van der Waals surface area contributed by atoms with Crippen LogP contribution in [0.2, 0.25) is 0 Å². The van der Waals surface area contributed by atoms with Crippen molar-refractivity contribution in [2.45, 2.75) is 6.42 Å². The summed E-state index contributed by atoms with van der Waals surface area (Å²) in [4.78, 5) is 11.8. The van der Waals surface area contributed by atoms with E-state index in [4.69, 9.17) is 20.0 Å². The molecule has 0 heterocycles. The first kappa shape index (κ1) is 17.2. The van der Waals surface area contributed by atoms with E-state index in [1.807, 2.05) is 12.1 Å². The van der Waals surface area contributed by atoms with Gasteiger partial charge >= 0.3 is 0 Å². The molecular formula is C16H17N3O3. The highest BCUT2D eigenvalue weighted by atomic mass is 16.5. The normalized spacial score (nSPS) is 10.4. The molecule has 0 aliphatic rings. The number of carbonyl (C=O) groups excluding carboxylic acids is 1. The average Bonchev–Trinajstić information content (AvgIpc) is 2.55. The first-order valence-electron chi connectivity index (χ1n) is 6.70. The predicted molar refractivity (Wildman–Crippen MR) is 80.6 cm³/mol. The van der Waals surface area contributed by atoms with Crippen LogP contribution >= 0.6 is 0 Å². The Hall–Kier alpha value is -2.83. The van der Waals surface area contributed by atoms with Crippen LogP contribution in [0, 0.1) is 22.7 Å². The first-order valence-corrected chi connectivity index (χ1v) is 6.70. The van der Waals surface area contributed by atoms with Crippen LogP contribution in [0.25, 0.3) is 6.08 Å². The van der Waals surface area contributed by atoms with Gasteiger partial charge in [-0.2, -0.15) is 10.5 Å². The largest absolute Gasteiger partial charge is 0.479 e. The highest BCUT2D eigenvalue weighted by Crippen LogP contribution is 2.14. The molecule has 0 aliphatic heterocycles. The third-order valence-electron chi connectivity index (χ3n) is 2.67. The Bertz CT molecular complexity index is 595. The van der Waals surface area contributed by atoms with Gasteiger partial charge in [-0.25, -0.2) is 0 Å². The van der Waals surface area contributed by atoms with Crippen molar-refractivity contribution in [2.75, 3.05) is 26.9 Å². The van der Waals surface area contributed by atoms with E-state index >= 15 is 0 Å². The van der Waals surface area contributed by atoms with E-state index in [9.17, 15) is 4.79 Å². The van der Waals surface area contributed by atoms with E-state index in [1.54, 1.807) is 31.4 Å². The summed E-state index contributed by atoms with van der Waals surface area (Å²) < 4.78 is 10.0. The summed E-state index contributed by atoms with van der Waals surface area (Å²) in [5.74, 6) is 0.143. The van der Waals surface area contributed by atoms with Gasteiger partial charge in [0.1, 0.15) is 23.5 Å². The summed E-state index contributed by atoms with van der Waals surface area (Å²) in [5, 5.41) is 20.1. The number of hydrogen-bond acceptors (Lipinski definition) is 5. The Morgan fingerprint density at radius 1 is 1.32 bits per heavy atom. The lowest BCUT2D eigenvalue weighted by Gasteiger charge is -2.04. The quantitative estimate of drug-likeness (QED) is 0.447. The molecule has 6 nitrogen and oxygen atoms in total. The van der Waals surface area contributed by atoms with Crippen molar-refractivity contribution >= 4 is 12.0 Å². The van der Waals surface area contributed by atoms with Crippen molar-refractivity contribution in [1.29, 1.82) is 10.5 Å². The molecule has 1 rings (SSSR count). The molecule has 0 unspecified atom stereocenters. The number of amides is 1. The summed E-state index contributed by atoms with van der Waals surface area (Å²) in [6.45, 7) is 0.977. The minimum atomic E-state index is -0.414. The van der Waals surface area contributed by atoms with E-state index in [2.05, 4.69) is 5.32 Å². The van der Waals surface area contributed by atoms with Crippen LogP contribution in [-0.4, -0.2) is 32.8 Å². The summed E-state index contributed by atoms with van der Waals surface area (Å²) in [6.07, 6.45) is 2.19. The maximum Gasteiger partial charge on any atom is 0.261 e. The molecule has 1 amide bonds. The Kier molecular flexibility index (Phi) is 7.81. The average molecular weight is 299 g/mol. The van der Waals surface area contributed by atoms with Gasteiger partial charge in [-0.3, -0.25) is 4.79 Å². The number of nitriles is 2. The third-order valence-corrected chi connectivity index (χ3v) is 2.67. The van der Waals surface area contributed by atoms with Crippen molar-refractivity contribution in [2.24, 2.45) is 0 Å². The van der Waals surface area contributed by atoms with Crippen LogP contribution in [0.5, 0.6) is 5.75 Å². The Morgan fingerprint density at radius 2 is 2.05 bits per heavy atom. The van der Waals surface area contributed by atoms with Crippen molar-refractivity contribution in [3.8, 4) is 17.9 Å².